The van der Waals surface area contributed by atoms with Crippen LogP contribution in [0.4, 0.5) is 4.79 Å². The molecule has 0 radical (unpaired) electrons. The van der Waals surface area contributed by atoms with E-state index in [1.165, 1.54) is 0 Å². The molecule has 0 aromatic rings. The molecule has 1 atom stereocenters. The van der Waals surface area contributed by atoms with Crippen LogP contribution in [0.15, 0.2) is 0 Å². The summed E-state index contributed by atoms with van der Waals surface area (Å²) < 4.78 is 5.71. The highest BCUT2D eigenvalue weighted by molar-refractivity contribution is 5.96. The number of amides is 3. The lowest BCUT2D eigenvalue weighted by Gasteiger charge is -2.33. The SMILES string of the molecule is CCNC(=O)NC(=O)C(C)OC(CC)(CC)CN. The van der Waals surface area contributed by atoms with Crippen molar-refractivity contribution >= 4 is 11.9 Å². The summed E-state index contributed by atoms with van der Waals surface area (Å²) in [6.07, 6.45) is 0.730. The van der Waals surface area contributed by atoms with Gasteiger partial charge in [-0.05, 0) is 26.7 Å². The zero-order valence-corrected chi connectivity index (χ0v) is 11.7. The Morgan fingerprint density at radius 3 is 2.22 bits per heavy atom. The van der Waals surface area contributed by atoms with Gasteiger partial charge in [-0.2, -0.15) is 0 Å². The van der Waals surface area contributed by atoms with Crippen LogP contribution >= 0.6 is 0 Å². The lowest BCUT2D eigenvalue weighted by Crippen LogP contribution is -2.49. The molecule has 6 heteroatoms. The van der Waals surface area contributed by atoms with Crippen LogP contribution in [-0.2, 0) is 9.53 Å². The van der Waals surface area contributed by atoms with Gasteiger partial charge in [-0.25, -0.2) is 4.79 Å². The first-order valence-electron chi connectivity index (χ1n) is 6.41. The van der Waals surface area contributed by atoms with Gasteiger partial charge in [0, 0.05) is 13.1 Å². The highest BCUT2D eigenvalue weighted by Crippen LogP contribution is 2.21. The van der Waals surface area contributed by atoms with Gasteiger partial charge in [-0.1, -0.05) is 13.8 Å². The summed E-state index contributed by atoms with van der Waals surface area (Å²) >= 11 is 0. The summed E-state index contributed by atoms with van der Waals surface area (Å²) in [5, 5.41) is 4.71. The molecule has 0 heterocycles. The summed E-state index contributed by atoms with van der Waals surface area (Å²) in [6.45, 7) is 8.13. The van der Waals surface area contributed by atoms with E-state index in [1.54, 1.807) is 13.8 Å². The van der Waals surface area contributed by atoms with Crippen LogP contribution in [0.2, 0.25) is 0 Å². The van der Waals surface area contributed by atoms with Gasteiger partial charge < -0.3 is 15.8 Å². The Balaban J connectivity index is 4.42. The first kappa shape index (κ1) is 16.9. The van der Waals surface area contributed by atoms with Crippen molar-refractivity contribution < 1.29 is 14.3 Å². The van der Waals surface area contributed by atoms with Crippen molar-refractivity contribution in [2.75, 3.05) is 13.1 Å². The zero-order chi connectivity index (χ0) is 14.2. The van der Waals surface area contributed by atoms with E-state index >= 15 is 0 Å². The van der Waals surface area contributed by atoms with E-state index in [0.29, 0.717) is 13.1 Å². The van der Waals surface area contributed by atoms with E-state index in [4.69, 9.17) is 10.5 Å². The Labute approximate surface area is 109 Å². The fraction of sp³-hybridized carbons (Fsp3) is 0.833. The van der Waals surface area contributed by atoms with Crippen molar-refractivity contribution in [1.82, 2.24) is 10.6 Å². The second-order valence-corrected chi connectivity index (χ2v) is 4.20. The molecule has 4 N–H and O–H groups in total. The van der Waals surface area contributed by atoms with Gasteiger partial charge in [0.15, 0.2) is 0 Å². The van der Waals surface area contributed by atoms with E-state index in [1.807, 2.05) is 13.8 Å². The predicted molar refractivity (Wildman–Crippen MR) is 70.1 cm³/mol. The minimum atomic E-state index is -0.712. The van der Waals surface area contributed by atoms with Crippen LogP contribution in [0.5, 0.6) is 0 Å². The maximum atomic E-state index is 11.7. The maximum Gasteiger partial charge on any atom is 0.321 e. The monoisotopic (exact) mass is 259 g/mol. The first-order chi connectivity index (χ1) is 8.44. The number of nitrogens with one attached hydrogen (secondary N) is 2. The van der Waals surface area contributed by atoms with Crippen LogP contribution in [0.3, 0.4) is 0 Å². The Bertz CT molecular complexity index is 269. The lowest BCUT2D eigenvalue weighted by atomic mass is 9.97. The number of hydrogen-bond acceptors (Lipinski definition) is 4. The maximum absolute atomic E-state index is 11.7. The summed E-state index contributed by atoms with van der Waals surface area (Å²) in [7, 11) is 0. The Morgan fingerprint density at radius 1 is 1.28 bits per heavy atom. The number of rotatable bonds is 7. The smallest absolute Gasteiger partial charge is 0.321 e. The van der Waals surface area contributed by atoms with E-state index in [-0.39, 0.29) is 0 Å². The fourth-order valence-electron chi connectivity index (χ4n) is 1.60. The fourth-order valence-corrected chi connectivity index (χ4v) is 1.60. The summed E-state index contributed by atoms with van der Waals surface area (Å²) in [5.74, 6) is -0.458. The number of carbonyl (C=O) groups is 2. The predicted octanol–water partition coefficient (Wildman–Crippen LogP) is 0.755. The average molecular weight is 259 g/mol. The van der Waals surface area contributed by atoms with Gasteiger partial charge in [-0.15, -0.1) is 0 Å². The minimum absolute atomic E-state index is 0.346. The first-order valence-corrected chi connectivity index (χ1v) is 6.41. The van der Waals surface area contributed by atoms with Crippen molar-refractivity contribution in [2.24, 2.45) is 5.73 Å². The van der Waals surface area contributed by atoms with Crippen molar-refractivity contribution in [3.8, 4) is 0 Å². The summed E-state index contributed by atoms with van der Waals surface area (Å²) in [5.41, 5.74) is 5.19. The quantitative estimate of drug-likeness (QED) is 0.629. The number of ether oxygens (including phenoxy) is 1. The molecular weight excluding hydrogens is 234 g/mol. The largest absolute Gasteiger partial charge is 0.361 e. The molecule has 0 aliphatic rings. The number of nitrogens with two attached hydrogens (primary N) is 1. The number of carbonyl (C=O) groups excluding carboxylic acids is 2. The topological polar surface area (TPSA) is 93.5 Å². The highest BCUT2D eigenvalue weighted by atomic mass is 16.5. The average Bonchev–Trinajstić information content (AvgIpc) is 2.36. The molecule has 0 spiro atoms. The van der Waals surface area contributed by atoms with Crippen LogP contribution in [-0.4, -0.2) is 36.7 Å². The highest BCUT2D eigenvalue weighted by Gasteiger charge is 2.30. The number of hydrogen-bond donors (Lipinski definition) is 3. The molecule has 0 saturated heterocycles. The Hall–Kier alpha value is -1.14. The molecule has 6 nitrogen and oxygen atoms in total. The van der Waals surface area contributed by atoms with Crippen LogP contribution in [0, 0.1) is 0 Å². The molecule has 0 rings (SSSR count). The molecular formula is C12H25N3O3. The second kappa shape index (κ2) is 8.05. The minimum Gasteiger partial charge on any atom is -0.361 e. The molecule has 0 fully saturated rings. The number of imide groups is 1. The zero-order valence-electron chi connectivity index (χ0n) is 11.7. The molecule has 18 heavy (non-hydrogen) atoms. The van der Waals surface area contributed by atoms with Crippen molar-refractivity contribution in [3.63, 3.8) is 0 Å². The molecule has 0 aromatic heterocycles. The molecule has 1 unspecified atom stereocenters. The third kappa shape index (κ3) is 5.01. The van der Waals surface area contributed by atoms with Gasteiger partial charge in [0.1, 0.15) is 6.10 Å². The third-order valence-corrected chi connectivity index (χ3v) is 3.03. The molecule has 0 aliphatic heterocycles. The number of urea groups is 1. The molecule has 0 aliphatic carbocycles. The van der Waals surface area contributed by atoms with Crippen molar-refractivity contribution in [3.05, 3.63) is 0 Å². The van der Waals surface area contributed by atoms with Gasteiger partial charge in [0.2, 0.25) is 0 Å². The molecule has 0 saturated carbocycles. The molecule has 0 aromatic carbocycles. The van der Waals surface area contributed by atoms with E-state index in [2.05, 4.69) is 10.6 Å². The summed E-state index contributed by atoms with van der Waals surface area (Å²) in [6, 6.07) is -0.510. The third-order valence-electron chi connectivity index (χ3n) is 3.03. The molecule has 3 amide bonds. The van der Waals surface area contributed by atoms with E-state index in [9.17, 15) is 9.59 Å². The van der Waals surface area contributed by atoms with Crippen molar-refractivity contribution in [2.45, 2.75) is 52.2 Å². The molecule has 0 bridgehead atoms. The normalized spacial score (nSPS) is 12.9. The van der Waals surface area contributed by atoms with Crippen LogP contribution in [0.1, 0.15) is 40.5 Å². The van der Waals surface area contributed by atoms with Gasteiger partial charge >= 0.3 is 6.03 Å². The van der Waals surface area contributed by atoms with Crippen molar-refractivity contribution in [1.29, 1.82) is 0 Å². The Morgan fingerprint density at radius 2 is 1.83 bits per heavy atom. The summed E-state index contributed by atoms with van der Waals surface area (Å²) in [4.78, 5) is 22.9. The second-order valence-electron chi connectivity index (χ2n) is 4.20. The lowest BCUT2D eigenvalue weighted by molar-refractivity contribution is -0.144. The van der Waals surface area contributed by atoms with E-state index in [0.717, 1.165) is 12.8 Å². The Kier molecular flexibility index (Phi) is 7.54. The van der Waals surface area contributed by atoms with Gasteiger partial charge in [0.25, 0.3) is 5.91 Å². The van der Waals surface area contributed by atoms with Crippen LogP contribution in [0.25, 0.3) is 0 Å². The van der Waals surface area contributed by atoms with Crippen LogP contribution < -0.4 is 16.4 Å². The van der Waals surface area contributed by atoms with Gasteiger partial charge in [0.05, 0.1) is 5.60 Å². The standard InChI is InChI=1S/C12H25N3O3/c1-5-12(6-2,8-13)18-9(4)10(16)15-11(17)14-7-3/h9H,5-8,13H2,1-4H3,(H2,14,15,16,17). The van der Waals surface area contributed by atoms with E-state index < -0.39 is 23.6 Å². The van der Waals surface area contributed by atoms with Gasteiger partial charge in [-0.3, -0.25) is 10.1 Å². The molecule has 106 valence electrons.